The average Bonchev–Trinajstić information content (AvgIpc) is 2.28. The maximum atomic E-state index is 10.0. The third-order valence-corrected chi connectivity index (χ3v) is 3.56. The molecule has 1 aliphatic heterocycles. The van der Waals surface area contributed by atoms with Crippen molar-refractivity contribution in [2.45, 2.75) is 71.6 Å². The van der Waals surface area contributed by atoms with Gasteiger partial charge in [0, 0.05) is 12.6 Å². The van der Waals surface area contributed by atoms with Crippen molar-refractivity contribution in [1.82, 2.24) is 4.90 Å². The average molecular weight is 257 g/mol. The molecule has 1 saturated heterocycles. The van der Waals surface area contributed by atoms with Crippen LogP contribution in [0.3, 0.4) is 0 Å². The van der Waals surface area contributed by atoms with E-state index in [1.165, 1.54) is 25.7 Å². The maximum Gasteiger partial charge on any atom is 0.0900 e. The van der Waals surface area contributed by atoms with Crippen molar-refractivity contribution in [3.63, 3.8) is 0 Å². The predicted molar refractivity (Wildman–Crippen MR) is 75.8 cm³/mol. The van der Waals surface area contributed by atoms with Gasteiger partial charge < -0.3 is 9.84 Å². The molecule has 18 heavy (non-hydrogen) atoms. The van der Waals surface area contributed by atoms with Crippen molar-refractivity contribution in [3.05, 3.63) is 0 Å². The van der Waals surface area contributed by atoms with Gasteiger partial charge in [-0.2, -0.15) is 0 Å². The Balaban J connectivity index is 2.36. The highest BCUT2D eigenvalue weighted by Crippen LogP contribution is 2.22. The van der Waals surface area contributed by atoms with Crippen molar-refractivity contribution < 1.29 is 9.84 Å². The van der Waals surface area contributed by atoms with Gasteiger partial charge in [0.05, 0.1) is 18.8 Å². The summed E-state index contributed by atoms with van der Waals surface area (Å²) in [6.45, 7) is 10.9. The van der Waals surface area contributed by atoms with Crippen molar-refractivity contribution in [2.75, 3.05) is 19.7 Å². The van der Waals surface area contributed by atoms with Crippen LogP contribution >= 0.6 is 0 Å². The molecule has 0 spiro atoms. The molecule has 1 fully saturated rings. The third-order valence-electron chi connectivity index (χ3n) is 3.56. The van der Waals surface area contributed by atoms with Crippen LogP contribution in [-0.4, -0.2) is 48.0 Å². The van der Waals surface area contributed by atoms with Crippen LogP contribution in [0.2, 0.25) is 0 Å². The Bertz CT molecular complexity index is 219. The Morgan fingerprint density at radius 2 is 1.94 bits per heavy atom. The molecule has 0 aromatic rings. The van der Waals surface area contributed by atoms with Crippen molar-refractivity contribution in [1.29, 1.82) is 0 Å². The van der Waals surface area contributed by atoms with Crippen LogP contribution in [0.4, 0.5) is 0 Å². The van der Waals surface area contributed by atoms with Crippen molar-refractivity contribution >= 4 is 0 Å². The molecule has 2 atom stereocenters. The van der Waals surface area contributed by atoms with Gasteiger partial charge in [-0.1, -0.05) is 20.3 Å². The Labute approximate surface area is 113 Å². The van der Waals surface area contributed by atoms with Gasteiger partial charge in [-0.05, 0) is 45.6 Å². The van der Waals surface area contributed by atoms with E-state index in [2.05, 4.69) is 18.7 Å². The number of aliphatic hydroxyl groups is 1. The molecule has 0 radical (unpaired) electrons. The van der Waals surface area contributed by atoms with Gasteiger partial charge in [0.1, 0.15) is 0 Å². The fourth-order valence-electron chi connectivity index (χ4n) is 2.74. The zero-order chi connectivity index (χ0) is 13.5. The summed E-state index contributed by atoms with van der Waals surface area (Å²) in [5, 5.41) is 10.0. The van der Waals surface area contributed by atoms with Gasteiger partial charge in [0.25, 0.3) is 0 Å². The number of hydrogen-bond donors (Lipinski definition) is 1. The van der Waals surface area contributed by atoms with Gasteiger partial charge in [-0.15, -0.1) is 0 Å². The number of β-amino-alcohol motifs (C(OH)–C–C–N with tert-alkyl or cyclic N) is 1. The van der Waals surface area contributed by atoms with Crippen LogP contribution in [0.1, 0.15) is 53.4 Å². The minimum atomic E-state index is -0.347. The summed E-state index contributed by atoms with van der Waals surface area (Å²) in [5.41, 5.74) is 0. The zero-order valence-corrected chi connectivity index (χ0v) is 12.6. The van der Waals surface area contributed by atoms with Gasteiger partial charge >= 0.3 is 0 Å². The summed E-state index contributed by atoms with van der Waals surface area (Å²) in [6.07, 6.45) is 5.00. The monoisotopic (exact) mass is 257 g/mol. The molecule has 3 nitrogen and oxygen atoms in total. The normalized spacial score (nSPS) is 23.8. The summed E-state index contributed by atoms with van der Waals surface area (Å²) in [5.74, 6) is 0.736. The first-order chi connectivity index (χ1) is 8.49. The summed E-state index contributed by atoms with van der Waals surface area (Å²) in [4.78, 5) is 2.47. The largest absolute Gasteiger partial charge is 0.389 e. The molecule has 0 saturated carbocycles. The topological polar surface area (TPSA) is 32.7 Å². The van der Waals surface area contributed by atoms with Crippen LogP contribution in [0.25, 0.3) is 0 Å². The van der Waals surface area contributed by atoms with Gasteiger partial charge in [-0.25, -0.2) is 0 Å². The second-order valence-corrected chi connectivity index (χ2v) is 6.31. The Hall–Kier alpha value is -0.120. The highest BCUT2D eigenvalue weighted by Gasteiger charge is 2.24. The minimum absolute atomic E-state index is 0.201. The number of rotatable bonds is 7. The molecule has 1 heterocycles. The lowest BCUT2D eigenvalue weighted by molar-refractivity contribution is -0.0201. The molecular formula is C15H31NO2. The fraction of sp³-hybridized carbons (Fsp3) is 1.00. The van der Waals surface area contributed by atoms with E-state index < -0.39 is 0 Å². The Kier molecular flexibility index (Phi) is 7.20. The quantitative estimate of drug-likeness (QED) is 0.761. The molecule has 2 unspecified atom stereocenters. The fourth-order valence-corrected chi connectivity index (χ4v) is 2.74. The van der Waals surface area contributed by atoms with Crippen molar-refractivity contribution in [3.8, 4) is 0 Å². The first-order valence-electron chi connectivity index (χ1n) is 7.52. The molecule has 3 heteroatoms. The number of ether oxygens (including phenoxy) is 1. The lowest BCUT2D eigenvalue weighted by Crippen LogP contribution is -2.45. The highest BCUT2D eigenvalue weighted by atomic mass is 16.5. The molecular weight excluding hydrogens is 226 g/mol. The number of piperidine rings is 1. The van der Waals surface area contributed by atoms with Crippen LogP contribution in [0, 0.1) is 5.92 Å². The van der Waals surface area contributed by atoms with Crippen LogP contribution in [-0.2, 0) is 4.74 Å². The van der Waals surface area contributed by atoms with Gasteiger partial charge in [0.2, 0.25) is 0 Å². The van der Waals surface area contributed by atoms with Gasteiger partial charge in [-0.3, -0.25) is 4.90 Å². The van der Waals surface area contributed by atoms with Crippen molar-refractivity contribution in [2.24, 2.45) is 5.92 Å². The second-order valence-electron chi connectivity index (χ2n) is 6.31. The summed E-state index contributed by atoms with van der Waals surface area (Å²) >= 11 is 0. The van der Waals surface area contributed by atoms with Crippen LogP contribution in [0.15, 0.2) is 0 Å². The molecule has 1 N–H and O–H groups in total. The van der Waals surface area contributed by atoms with E-state index in [0.717, 1.165) is 19.0 Å². The summed E-state index contributed by atoms with van der Waals surface area (Å²) in [6, 6.07) is 0.660. The molecule has 0 aromatic carbocycles. The summed E-state index contributed by atoms with van der Waals surface area (Å²) in [7, 11) is 0. The zero-order valence-electron chi connectivity index (χ0n) is 12.6. The lowest BCUT2D eigenvalue weighted by Gasteiger charge is -2.37. The molecule has 1 aliphatic rings. The minimum Gasteiger partial charge on any atom is -0.389 e. The third kappa shape index (κ3) is 6.17. The van der Waals surface area contributed by atoms with E-state index in [0.29, 0.717) is 12.6 Å². The van der Waals surface area contributed by atoms with Gasteiger partial charge in [0.15, 0.2) is 0 Å². The van der Waals surface area contributed by atoms with E-state index in [9.17, 15) is 5.11 Å². The molecule has 0 bridgehead atoms. The van der Waals surface area contributed by atoms with Crippen LogP contribution in [0.5, 0.6) is 0 Å². The number of hydrogen-bond acceptors (Lipinski definition) is 3. The standard InChI is InChI=1S/C15H31NO2/c1-12(2)9-14-7-5-6-8-16(14)10-15(17)11-18-13(3)4/h12-15,17H,5-11H2,1-4H3. The SMILES string of the molecule is CC(C)CC1CCCCN1CC(O)COC(C)C. The number of nitrogens with zero attached hydrogens (tertiary/aromatic N) is 1. The number of aliphatic hydroxyl groups excluding tert-OH is 1. The second kappa shape index (κ2) is 8.13. The van der Waals surface area contributed by atoms with E-state index in [1.807, 2.05) is 13.8 Å². The predicted octanol–water partition coefficient (Wildman–Crippen LogP) is 2.67. The Morgan fingerprint density at radius 1 is 1.22 bits per heavy atom. The number of likely N-dealkylation sites (tertiary alicyclic amines) is 1. The molecule has 108 valence electrons. The van der Waals surface area contributed by atoms with E-state index in [4.69, 9.17) is 4.74 Å². The molecule has 0 amide bonds. The van der Waals surface area contributed by atoms with E-state index in [-0.39, 0.29) is 12.2 Å². The molecule has 1 rings (SSSR count). The lowest BCUT2D eigenvalue weighted by atomic mass is 9.94. The van der Waals surface area contributed by atoms with E-state index >= 15 is 0 Å². The van der Waals surface area contributed by atoms with Crippen LogP contribution < -0.4 is 0 Å². The van der Waals surface area contributed by atoms with E-state index in [1.54, 1.807) is 0 Å². The smallest absolute Gasteiger partial charge is 0.0900 e. The Morgan fingerprint density at radius 3 is 2.56 bits per heavy atom. The molecule has 0 aliphatic carbocycles. The first-order valence-corrected chi connectivity index (χ1v) is 7.52. The maximum absolute atomic E-state index is 10.0. The molecule has 0 aromatic heterocycles. The highest BCUT2D eigenvalue weighted by molar-refractivity contribution is 4.79. The first kappa shape index (κ1) is 15.9. The summed E-state index contributed by atoms with van der Waals surface area (Å²) < 4.78 is 5.48.